The van der Waals surface area contributed by atoms with Crippen LogP contribution in [0.2, 0.25) is 0 Å². The Bertz CT molecular complexity index is 569. The van der Waals surface area contributed by atoms with E-state index in [4.69, 9.17) is 0 Å². The summed E-state index contributed by atoms with van der Waals surface area (Å²) in [6, 6.07) is 8.05. The molecule has 0 amide bonds. The van der Waals surface area contributed by atoms with Crippen LogP contribution < -0.4 is 10.6 Å². The molecule has 0 aliphatic rings. The Morgan fingerprint density at radius 1 is 1.11 bits per heavy atom. The highest BCUT2D eigenvalue weighted by Gasteiger charge is 2.04. The lowest BCUT2D eigenvalue weighted by molar-refractivity contribution is 1.10. The zero-order chi connectivity index (χ0) is 13.1. The van der Waals surface area contributed by atoms with E-state index in [0.717, 1.165) is 21.7 Å². The largest absolute Gasteiger partial charge is 0.357 e. The second-order valence-electron chi connectivity index (χ2n) is 4.08. The van der Waals surface area contributed by atoms with Gasteiger partial charge in [0, 0.05) is 23.3 Å². The van der Waals surface area contributed by atoms with Gasteiger partial charge in [0.1, 0.15) is 5.82 Å². The third-order valence-corrected chi connectivity index (χ3v) is 3.12. The van der Waals surface area contributed by atoms with Crippen LogP contribution in [0, 0.1) is 13.8 Å². The molecule has 0 spiro atoms. The summed E-state index contributed by atoms with van der Waals surface area (Å²) in [5, 5.41) is 6.22. The molecule has 0 atom stereocenters. The highest BCUT2D eigenvalue weighted by atomic mass is 79.9. The van der Waals surface area contributed by atoms with Crippen molar-refractivity contribution in [2.75, 3.05) is 17.7 Å². The Balaban J connectivity index is 2.30. The number of nitrogens with zero attached hydrogens (tertiary/aromatic N) is 2. The summed E-state index contributed by atoms with van der Waals surface area (Å²) in [4.78, 5) is 8.61. The van der Waals surface area contributed by atoms with Crippen molar-refractivity contribution < 1.29 is 0 Å². The second kappa shape index (κ2) is 5.35. The van der Waals surface area contributed by atoms with E-state index in [1.54, 1.807) is 7.05 Å². The van der Waals surface area contributed by atoms with E-state index in [2.05, 4.69) is 55.6 Å². The number of benzene rings is 1. The molecular weight excluding hydrogens is 292 g/mol. The second-order valence-corrected chi connectivity index (χ2v) is 4.93. The first-order chi connectivity index (χ1) is 8.58. The first-order valence-electron chi connectivity index (χ1n) is 5.65. The minimum atomic E-state index is 0.612. The lowest BCUT2D eigenvalue weighted by Gasteiger charge is -2.10. The zero-order valence-electron chi connectivity index (χ0n) is 10.6. The van der Waals surface area contributed by atoms with E-state index >= 15 is 0 Å². The predicted octanol–water partition coefficient (Wildman–Crippen LogP) is 3.64. The quantitative estimate of drug-likeness (QED) is 0.909. The third kappa shape index (κ3) is 2.98. The van der Waals surface area contributed by atoms with Gasteiger partial charge in [-0.3, -0.25) is 0 Å². The van der Waals surface area contributed by atoms with Crippen molar-refractivity contribution in [3.05, 3.63) is 40.0 Å². The van der Waals surface area contributed by atoms with Gasteiger partial charge in [0.25, 0.3) is 0 Å². The van der Waals surface area contributed by atoms with Crippen LogP contribution in [-0.2, 0) is 0 Å². The molecule has 94 valence electrons. The van der Waals surface area contributed by atoms with Crippen LogP contribution in [0.1, 0.15) is 11.3 Å². The number of aryl methyl sites for hydroxylation is 2. The normalized spacial score (nSPS) is 10.2. The predicted molar refractivity (Wildman–Crippen MR) is 78.5 cm³/mol. The third-order valence-electron chi connectivity index (χ3n) is 2.47. The van der Waals surface area contributed by atoms with Crippen LogP contribution >= 0.6 is 15.9 Å². The lowest BCUT2D eigenvalue weighted by atomic mass is 10.2. The van der Waals surface area contributed by atoms with Gasteiger partial charge in [-0.05, 0) is 47.5 Å². The Labute approximate surface area is 115 Å². The van der Waals surface area contributed by atoms with Gasteiger partial charge in [-0.2, -0.15) is 4.98 Å². The fraction of sp³-hybridized carbons (Fsp3) is 0.231. The van der Waals surface area contributed by atoms with E-state index in [-0.39, 0.29) is 0 Å². The summed E-state index contributed by atoms with van der Waals surface area (Å²) in [7, 11) is 1.81. The summed E-state index contributed by atoms with van der Waals surface area (Å²) in [6.45, 7) is 4.00. The van der Waals surface area contributed by atoms with Gasteiger partial charge in [-0.15, -0.1) is 0 Å². The van der Waals surface area contributed by atoms with Crippen molar-refractivity contribution in [2.24, 2.45) is 0 Å². The summed E-state index contributed by atoms with van der Waals surface area (Å²) < 4.78 is 1.02. The molecule has 2 rings (SSSR count). The number of nitrogens with one attached hydrogen (secondary N) is 2. The Morgan fingerprint density at radius 3 is 2.56 bits per heavy atom. The van der Waals surface area contributed by atoms with Gasteiger partial charge >= 0.3 is 0 Å². The molecule has 4 nitrogen and oxygen atoms in total. The lowest BCUT2D eigenvalue weighted by Crippen LogP contribution is -2.02. The SMILES string of the molecule is CNc1nc(C)cc(Nc2ccc(C)cc2Br)n1. The van der Waals surface area contributed by atoms with Crippen molar-refractivity contribution in [2.45, 2.75) is 13.8 Å². The van der Waals surface area contributed by atoms with Gasteiger partial charge in [-0.1, -0.05) is 6.07 Å². The molecule has 1 aromatic carbocycles. The molecule has 1 aromatic heterocycles. The van der Waals surface area contributed by atoms with Gasteiger partial charge in [0.15, 0.2) is 0 Å². The minimum absolute atomic E-state index is 0.612. The number of hydrogen-bond acceptors (Lipinski definition) is 4. The number of aromatic nitrogens is 2. The smallest absolute Gasteiger partial charge is 0.224 e. The van der Waals surface area contributed by atoms with Crippen LogP contribution in [0.4, 0.5) is 17.5 Å². The maximum Gasteiger partial charge on any atom is 0.224 e. The maximum absolute atomic E-state index is 4.36. The average Bonchev–Trinajstić information content (AvgIpc) is 2.32. The van der Waals surface area contributed by atoms with E-state index in [1.165, 1.54) is 5.56 Å². The molecule has 2 N–H and O–H groups in total. The molecule has 0 bridgehead atoms. The van der Waals surface area contributed by atoms with Gasteiger partial charge in [-0.25, -0.2) is 4.98 Å². The number of halogens is 1. The van der Waals surface area contributed by atoms with Crippen molar-refractivity contribution in [1.82, 2.24) is 9.97 Å². The van der Waals surface area contributed by atoms with Gasteiger partial charge in [0.05, 0.1) is 5.69 Å². The Hall–Kier alpha value is -1.62. The molecule has 0 saturated carbocycles. The molecule has 0 saturated heterocycles. The minimum Gasteiger partial charge on any atom is -0.357 e. The van der Waals surface area contributed by atoms with Crippen LogP contribution in [0.15, 0.2) is 28.7 Å². The number of hydrogen-bond donors (Lipinski definition) is 2. The summed E-state index contributed by atoms with van der Waals surface area (Å²) in [5.41, 5.74) is 3.11. The van der Waals surface area contributed by atoms with Crippen LogP contribution in [0.25, 0.3) is 0 Å². The molecule has 1 heterocycles. The molecule has 0 unspecified atom stereocenters. The van der Waals surface area contributed by atoms with Crippen LogP contribution in [0.3, 0.4) is 0 Å². The molecule has 18 heavy (non-hydrogen) atoms. The first kappa shape index (κ1) is 12.8. The van der Waals surface area contributed by atoms with Crippen molar-refractivity contribution in [1.29, 1.82) is 0 Å². The van der Waals surface area contributed by atoms with Gasteiger partial charge < -0.3 is 10.6 Å². The van der Waals surface area contributed by atoms with Crippen molar-refractivity contribution in [3.8, 4) is 0 Å². The van der Waals surface area contributed by atoms with Crippen molar-refractivity contribution in [3.63, 3.8) is 0 Å². The Kier molecular flexibility index (Phi) is 3.81. The Morgan fingerprint density at radius 2 is 1.89 bits per heavy atom. The highest BCUT2D eigenvalue weighted by molar-refractivity contribution is 9.10. The monoisotopic (exact) mass is 306 g/mol. The van der Waals surface area contributed by atoms with Crippen LogP contribution in [-0.4, -0.2) is 17.0 Å². The molecule has 2 aromatic rings. The molecular formula is C13H15BrN4. The molecule has 0 radical (unpaired) electrons. The topological polar surface area (TPSA) is 49.8 Å². The van der Waals surface area contributed by atoms with E-state index in [0.29, 0.717) is 5.95 Å². The van der Waals surface area contributed by atoms with E-state index in [1.807, 2.05) is 19.1 Å². The summed E-state index contributed by atoms with van der Waals surface area (Å²) in [6.07, 6.45) is 0. The van der Waals surface area contributed by atoms with E-state index in [9.17, 15) is 0 Å². The highest BCUT2D eigenvalue weighted by Crippen LogP contribution is 2.26. The molecule has 0 aliphatic carbocycles. The van der Waals surface area contributed by atoms with Gasteiger partial charge in [0.2, 0.25) is 5.95 Å². The fourth-order valence-electron chi connectivity index (χ4n) is 1.60. The molecule has 0 aliphatic heterocycles. The maximum atomic E-state index is 4.36. The summed E-state index contributed by atoms with van der Waals surface area (Å²) >= 11 is 3.54. The summed E-state index contributed by atoms with van der Waals surface area (Å²) in [5.74, 6) is 1.39. The molecule has 0 fully saturated rings. The van der Waals surface area contributed by atoms with Crippen LogP contribution in [0.5, 0.6) is 0 Å². The zero-order valence-corrected chi connectivity index (χ0v) is 12.2. The van der Waals surface area contributed by atoms with Crippen molar-refractivity contribution >= 4 is 33.4 Å². The standard InChI is InChI=1S/C13H15BrN4/c1-8-4-5-11(10(14)6-8)17-12-7-9(2)16-13(15-3)18-12/h4-7H,1-3H3,(H2,15,16,17,18). The van der Waals surface area contributed by atoms with E-state index < -0.39 is 0 Å². The average molecular weight is 307 g/mol. The molecule has 5 heteroatoms. The number of rotatable bonds is 3. The number of anilines is 3. The fourth-order valence-corrected chi connectivity index (χ4v) is 2.20. The first-order valence-corrected chi connectivity index (χ1v) is 6.44.